The van der Waals surface area contributed by atoms with Crippen LogP contribution in [-0.4, -0.2) is 17.4 Å². The zero-order valence-electron chi connectivity index (χ0n) is 5.06. The second-order valence-electron chi connectivity index (χ2n) is 1.94. The lowest BCUT2D eigenvalue weighted by Gasteiger charge is -1.96. The van der Waals surface area contributed by atoms with Gasteiger partial charge in [0, 0.05) is 10.9 Å². The minimum Gasteiger partial charge on any atom is -0.455 e. The number of halogens is 1. The quantitative estimate of drug-likeness (QED) is 0.460. The minimum atomic E-state index is -0.195. The van der Waals surface area contributed by atoms with Gasteiger partial charge in [0.25, 0.3) is 0 Å². The number of rotatable bonds is 1. The van der Waals surface area contributed by atoms with E-state index in [9.17, 15) is 4.79 Å². The van der Waals surface area contributed by atoms with Gasteiger partial charge in [-0.05, 0) is 13.0 Å². The van der Waals surface area contributed by atoms with Crippen molar-refractivity contribution in [2.75, 3.05) is 5.33 Å². The Kier molecular flexibility index (Phi) is 1.90. The summed E-state index contributed by atoms with van der Waals surface area (Å²) in [7, 11) is 0. The van der Waals surface area contributed by atoms with Crippen LogP contribution in [0.5, 0.6) is 0 Å². The number of hydrogen-bond acceptors (Lipinski definition) is 2. The summed E-state index contributed by atoms with van der Waals surface area (Å²) < 4.78 is 4.80. The van der Waals surface area contributed by atoms with Gasteiger partial charge in [-0.1, -0.05) is 15.9 Å². The molecule has 50 valence electrons. The first-order valence-electron chi connectivity index (χ1n) is 2.71. The standard InChI is InChI=1S/C6H7BrO2/c1-4-2-5(3-7)6(8)9-4/h2,4H,3H2,1H3. The zero-order valence-corrected chi connectivity index (χ0v) is 6.64. The molecule has 0 fully saturated rings. The van der Waals surface area contributed by atoms with Crippen molar-refractivity contribution in [2.24, 2.45) is 0 Å². The van der Waals surface area contributed by atoms with E-state index >= 15 is 0 Å². The van der Waals surface area contributed by atoms with E-state index in [0.717, 1.165) is 5.57 Å². The van der Waals surface area contributed by atoms with Gasteiger partial charge >= 0.3 is 5.97 Å². The van der Waals surface area contributed by atoms with Gasteiger partial charge in [-0.2, -0.15) is 0 Å². The summed E-state index contributed by atoms with van der Waals surface area (Å²) in [5.74, 6) is -0.195. The molecule has 0 saturated carbocycles. The summed E-state index contributed by atoms with van der Waals surface area (Å²) >= 11 is 3.17. The van der Waals surface area contributed by atoms with Crippen LogP contribution < -0.4 is 0 Å². The van der Waals surface area contributed by atoms with E-state index in [1.54, 1.807) is 0 Å². The number of esters is 1. The van der Waals surface area contributed by atoms with Crippen molar-refractivity contribution in [3.8, 4) is 0 Å². The number of ether oxygens (including phenoxy) is 1. The van der Waals surface area contributed by atoms with Gasteiger partial charge in [0.05, 0.1) is 0 Å². The molecule has 9 heavy (non-hydrogen) atoms. The summed E-state index contributed by atoms with van der Waals surface area (Å²) in [6.45, 7) is 1.84. The van der Waals surface area contributed by atoms with Crippen molar-refractivity contribution < 1.29 is 9.53 Å². The molecule has 1 heterocycles. The van der Waals surface area contributed by atoms with Crippen LogP contribution in [0.4, 0.5) is 0 Å². The molecule has 2 nitrogen and oxygen atoms in total. The van der Waals surface area contributed by atoms with Crippen LogP contribution in [0.15, 0.2) is 11.6 Å². The lowest BCUT2D eigenvalue weighted by Crippen LogP contribution is -2.03. The molecule has 0 aromatic rings. The van der Waals surface area contributed by atoms with E-state index in [0.29, 0.717) is 5.33 Å². The van der Waals surface area contributed by atoms with Crippen molar-refractivity contribution in [1.82, 2.24) is 0 Å². The number of hydrogen-bond donors (Lipinski definition) is 0. The van der Waals surface area contributed by atoms with Crippen LogP contribution in [0.2, 0.25) is 0 Å². The molecule has 0 aromatic carbocycles. The van der Waals surface area contributed by atoms with Crippen LogP contribution in [0.3, 0.4) is 0 Å². The first kappa shape index (κ1) is 6.81. The molecule has 0 spiro atoms. The number of alkyl halides is 1. The van der Waals surface area contributed by atoms with Gasteiger partial charge in [0.1, 0.15) is 6.10 Å². The SMILES string of the molecule is CC1C=C(CBr)C(=O)O1. The molecule has 0 radical (unpaired) electrons. The van der Waals surface area contributed by atoms with Crippen LogP contribution >= 0.6 is 15.9 Å². The van der Waals surface area contributed by atoms with Crippen LogP contribution in [-0.2, 0) is 9.53 Å². The lowest BCUT2D eigenvalue weighted by atomic mass is 10.3. The van der Waals surface area contributed by atoms with Crippen LogP contribution in [0, 0.1) is 0 Å². The molecule has 0 amide bonds. The fourth-order valence-corrected chi connectivity index (χ4v) is 1.14. The molecular formula is C6H7BrO2. The molecule has 0 N–H and O–H groups in total. The predicted octanol–water partition coefficient (Wildman–Crippen LogP) is 1.25. The first-order chi connectivity index (χ1) is 4.24. The highest BCUT2D eigenvalue weighted by Gasteiger charge is 2.20. The average molecular weight is 191 g/mol. The topological polar surface area (TPSA) is 26.3 Å². The summed E-state index contributed by atoms with van der Waals surface area (Å²) in [5, 5.41) is 0.593. The number of carbonyl (C=O) groups excluding carboxylic acids is 1. The Hall–Kier alpha value is -0.310. The van der Waals surface area contributed by atoms with Gasteiger partial charge in [-0.15, -0.1) is 0 Å². The Morgan fingerprint density at radius 2 is 2.56 bits per heavy atom. The van der Waals surface area contributed by atoms with E-state index in [1.165, 1.54) is 0 Å². The molecule has 0 bridgehead atoms. The Morgan fingerprint density at radius 1 is 1.89 bits per heavy atom. The number of cyclic esters (lactones) is 1. The fraction of sp³-hybridized carbons (Fsp3) is 0.500. The van der Waals surface area contributed by atoms with Gasteiger partial charge in [-0.25, -0.2) is 4.79 Å². The van der Waals surface area contributed by atoms with Crippen molar-refractivity contribution in [3.05, 3.63) is 11.6 Å². The zero-order chi connectivity index (χ0) is 6.85. The maximum Gasteiger partial charge on any atom is 0.335 e. The van der Waals surface area contributed by atoms with Gasteiger partial charge in [-0.3, -0.25) is 0 Å². The van der Waals surface area contributed by atoms with Crippen LogP contribution in [0.25, 0.3) is 0 Å². The first-order valence-corrected chi connectivity index (χ1v) is 3.84. The molecule has 1 unspecified atom stereocenters. The van der Waals surface area contributed by atoms with Crippen LogP contribution in [0.1, 0.15) is 6.92 Å². The maximum atomic E-state index is 10.7. The molecular weight excluding hydrogens is 184 g/mol. The highest BCUT2D eigenvalue weighted by Crippen LogP contribution is 2.14. The van der Waals surface area contributed by atoms with Crippen molar-refractivity contribution in [1.29, 1.82) is 0 Å². The molecule has 0 aliphatic carbocycles. The summed E-state index contributed by atoms with van der Waals surface area (Å²) in [5.41, 5.74) is 0.725. The van der Waals surface area contributed by atoms with E-state index in [-0.39, 0.29) is 12.1 Å². The highest BCUT2D eigenvalue weighted by atomic mass is 79.9. The van der Waals surface area contributed by atoms with Crippen molar-refractivity contribution in [3.63, 3.8) is 0 Å². The second-order valence-corrected chi connectivity index (χ2v) is 2.50. The molecule has 0 aromatic heterocycles. The molecule has 1 aliphatic rings. The number of carbonyl (C=O) groups is 1. The van der Waals surface area contributed by atoms with E-state index < -0.39 is 0 Å². The Balaban J connectivity index is 2.68. The van der Waals surface area contributed by atoms with E-state index in [4.69, 9.17) is 4.74 Å². The second kappa shape index (κ2) is 2.52. The Labute approximate surface area is 62.0 Å². The molecule has 1 rings (SSSR count). The Morgan fingerprint density at radius 3 is 2.78 bits per heavy atom. The van der Waals surface area contributed by atoms with Crippen molar-refractivity contribution in [2.45, 2.75) is 13.0 Å². The van der Waals surface area contributed by atoms with E-state index in [2.05, 4.69) is 15.9 Å². The predicted molar refractivity (Wildman–Crippen MR) is 37.4 cm³/mol. The summed E-state index contributed by atoms with van der Waals surface area (Å²) in [6.07, 6.45) is 1.78. The van der Waals surface area contributed by atoms with Gasteiger partial charge in [0.15, 0.2) is 0 Å². The van der Waals surface area contributed by atoms with Crippen molar-refractivity contribution >= 4 is 21.9 Å². The monoisotopic (exact) mass is 190 g/mol. The normalized spacial score (nSPS) is 25.8. The third kappa shape index (κ3) is 1.33. The van der Waals surface area contributed by atoms with Gasteiger partial charge in [0.2, 0.25) is 0 Å². The third-order valence-corrected chi connectivity index (χ3v) is 1.74. The minimum absolute atomic E-state index is 0.0370. The molecule has 1 aliphatic heterocycles. The largest absolute Gasteiger partial charge is 0.455 e. The maximum absolute atomic E-state index is 10.7. The highest BCUT2D eigenvalue weighted by molar-refractivity contribution is 9.09. The summed E-state index contributed by atoms with van der Waals surface area (Å²) in [4.78, 5) is 10.7. The molecule has 0 saturated heterocycles. The smallest absolute Gasteiger partial charge is 0.335 e. The van der Waals surface area contributed by atoms with E-state index in [1.807, 2.05) is 13.0 Å². The fourth-order valence-electron chi connectivity index (χ4n) is 0.729. The molecule has 3 heteroatoms. The molecule has 1 atom stereocenters. The average Bonchev–Trinajstić information content (AvgIpc) is 2.10. The Bertz CT molecular complexity index is 162. The summed E-state index contributed by atoms with van der Waals surface area (Å²) in [6, 6.07) is 0. The third-order valence-electron chi connectivity index (χ3n) is 1.13. The van der Waals surface area contributed by atoms with Gasteiger partial charge < -0.3 is 4.74 Å². The lowest BCUT2D eigenvalue weighted by molar-refractivity contribution is -0.138.